The Kier molecular flexibility index (Phi) is 5.90. The average Bonchev–Trinajstić information content (AvgIpc) is 3.30. The molecular weight excluding hydrogens is 403 g/mol. The van der Waals surface area contributed by atoms with Crippen molar-refractivity contribution in [3.8, 4) is 11.4 Å². The first-order valence-corrected chi connectivity index (χ1v) is 9.01. The van der Waals surface area contributed by atoms with Gasteiger partial charge in [-0.25, -0.2) is 24.9 Å². The third kappa shape index (κ3) is 3.82. The van der Waals surface area contributed by atoms with Crippen LogP contribution >= 0.6 is 23.2 Å². The second kappa shape index (κ2) is 8.36. The number of fused-ring (bicyclic) bond motifs is 1. The van der Waals surface area contributed by atoms with E-state index in [1.807, 2.05) is 29.4 Å². The fourth-order valence-electron chi connectivity index (χ4n) is 2.46. The Labute approximate surface area is 170 Å². The third-order valence-corrected chi connectivity index (χ3v) is 4.48. The summed E-state index contributed by atoms with van der Waals surface area (Å²) in [6.45, 7) is 2.86. The van der Waals surface area contributed by atoms with Gasteiger partial charge in [0.15, 0.2) is 21.8 Å². The van der Waals surface area contributed by atoms with Crippen molar-refractivity contribution >= 4 is 45.9 Å². The number of aryl methyl sites for hydroxylation is 2. The lowest BCUT2D eigenvalue weighted by Gasteiger charge is -2.01. The molecule has 12 heteroatoms. The molecule has 0 bridgehead atoms. The number of imidazole rings is 1. The quantitative estimate of drug-likeness (QED) is 0.484. The van der Waals surface area contributed by atoms with Crippen molar-refractivity contribution in [3.05, 3.63) is 35.4 Å². The lowest BCUT2D eigenvalue weighted by Crippen LogP contribution is -1.99. The summed E-state index contributed by atoms with van der Waals surface area (Å²) in [5.74, 6) is 1.34. The van der Waals surface area contributed by atoms with Gasteiger partial charge in [0, 0.05) is 26.8 Å². The summed E-state index contributed by atoms with van der Waals surface area (Å²) >= 11 is 11.6. The molecular formula is C16H18Cl2N10. The van der Waals surface area contributed by atoms with Crippen molar-refractivity contribution in [2.45, 2.75) is 13.5 Å². The Morgan fingerprint density at radius 2 is 1.82 bits per heavy atom. The van der Waals surface area contributed by atoms with E-state index in [4.69, 9.17) is 28.9 Å². The highest BCUT2D eigenvalue weighted by Crippen LogP contribution is 2.25. The van der Waals surface area contributed by atoms with Crippen LogP contribution in [0.1, 0.15) is 6.92 Å². The smallest absolute Gasteiger partial charge is 0.165 e. The summed E-state index contributed by atoms with van der Waals surface area (Å²) < 4.78 is 3.74. The first-order chi connectivity index (χ1) is 13.5. The normalized spacial score (nSPS) is 10.6. The number of aromatic nitrogens is 8. The molecule has 0 atom stereocenters. The van der Waals surface area contributed by atoms with Gasteiger partial charge in [0.2, 0.25) is 0 Å². The number of hydrogen-bond acceptors (Lipinski definition) is 8. The van der Waals surface area contributed by atoms with Crippen molar-refractivity contribution in [1.82, 2.24) is 39.3 Å². The molecule has 146 valence electrons. The molecule has 0 aliphatic carbocycles. The Hall–Kier alpha value is -2.98. The zero-order valence-corrected chi connectivity index (χ0v) is 16.9. The van der Waals surface area contributed by atoms with E-state index in [-0.39, 0.29) is 5.15 Å². The second-order valence-corrected chi connectivity index (χ2v) is 6.31. The van der Waals surface area contributed by atoms with Gasteiger partial charge in [-0.05, 0) is 6.92 Å². The van der Waals surface area contributed by atoms with Gasteiger partial charge in [-0.3, -0.25) is 4.68 Å². The fraction of sp³-hybridized carbons (Fsp3) is 0.250. The molecule has 0 aromatic carbocycles. The van der Waals surface area contributed by atoms with Gasteiger partial charge < -0.3 is 15.6 Å². The Morgan fingerprint density at radius 1 is 1.11 bits per heavy atom. The summed E-state index contributed by atoms with van der Waals surface area (Å²) in [5, 5.41) is 7.66. The van der Waals surface area contributed by atoms with Crippen molar-refractivity contribution < 1.29 is 0 Å². The minimum atomic E-state index is 0.277. The lowest BCUT2D eigenvalue weighted by atomic mass is 10.3. The van der Waals surface area contributed by atoms with Crippen LogP contribution in [0.4, 0.5) is 11.5 Å². The summed E-state index contributed by atoms with van der Waals surface area (Å²) in [4.78, 5) is 20.1. The first kappa shape index (κ1) is 19.8. The number of nitrogens with one attached hydrogen (secondary N) is 1. The van der Waals surface area contributed by atoms with Crippen LogP contribution in [0.15, 0.2) is 25.0 Å². The number of nitrogens with two attached hydrogens (primary N) is 1. The average molecular weight is 421 g/mol. The molecule has 0 fully saturated rings. The van der Waals surface area contributed by atoms with Crippen LogP contribution in [0.5, 0.6) is 0 Å². The van der Waals surface area contributed by atoms with Gasteiger partial charge in [0.1, 0.15) is 29.7 Å². The van der Waals surface area contributed by atoms with E-state index in [9.17, 15) is 0 Å². The number of nitrogen functional groups attached to an aromatic ring is 1. The largest absolute Gasteiger partial charge is 0.393 e. The number of halogens is 2. The zero-order chi connectivity index (χ0) is 20.3. The minimum Gasteiger partial charge on any atom is -0.393 e. The second-order valence-electron chi connectivity index (χ2n) is 5.59. The summed E-state index contributed by atoms with van der Waals surface area (Å²) in [7, 11) is 3.62. The van der Waals surface area contributed by atoms with Crippen LogP contribution in [0.25, 0.3) is 22.6 Å². The molecule has 0 unspecified atom stereocenters. The van der Waals surface area contributed by atoms with E-state index in [1.165, 1.54) is 12.7 Å². The first-order valence-electron chi connectivity index (χ1n) is 8.25. The van der Waals surface area contributed by atoms with Crippen molar-refractivity contribution in [2.75, 3.05) is 18.1 Å². The number of hydrogen-bond donors (Lipinski definition) is 2. The van der Waals surface area contributed by atoms with E-state index >= 15 is 0 Å². The topological polar surface area (TPSA) is 125 Å². The molecule has 4 aromatic heterocycles. The fourth-order valence-corrected chi connectivity index (χ4v) is 2.76. The van der Waals surface area contributed by atoms with E-state index in [0.29, 0.717) is 27.8 Å². The van der Waals surface area contributed by atoms with Crippen LogP contribution in [0.3, 0.4) is 0 Å². The molecule has 3 N–H and O–H groups in total. The molecule has 4 aromatic rings. The van der Waals surface area contributed by atoms with Crippen LogP contribution in [-0.2, 0) is 13.6 Å². The molecule has 10 nitrogen and oxygen atoms in total. The molecule has 0 saturated carbocycles. The molecule has 4 heterocycles. The number of nitrogens with zero attached hydrogens (tertiary/aromatic N) is 8. The third-order valence-electron chi connectivity index (χ3n) is 3.90. The highest BCUT2D eigenvalue weighted by Gasteiger charge is 2.14. The molecule has 0 aliphatic heterocycles. The Morgan fingerprint density at radius 3 is 2.43 bits per heavy atom. The summed E-state index contributed by atoms with van der Waals surface area (Å²) in [6.07, 6.45) is 6.52. The monoisotopic (exact) mass is 420 g/mol. The molecule has 0 aliphatic rings. The van der Waals surface area contributed by atoms with E-state index < -0.39 is 0 Å². The van der Waals surface area contributed by atoms with Crippen LogP contribution in [0.2, 0.25) is 10.3 Å². The van der Waals surface area contributed by atoms with E-state index in [1.54, 1.807) is 13.2 Å². The molecule has 0 spiro atoms. The summed E-state index contributed by atoms with van der Waals surface area (Å²) in [6, 6.07) is 0. The molecule has 0 amide bonds. The zero-order valence-electron chi connectivity index (χ0n) is 15.4. The Balaban J connectivity index is 0.000000192. The standard InChI is InChI=1S/C11H11ClN6.C5H7ClN4/c1-3-18-5-7(4-15-18)10-16-8-9(12)13-6-14-11(8)17(10)2;1-8-5-3(7)4(6)9-2-10-5/h4-6H,3H2,1-2H3;2H,7H2,1H3,(H,8,9,10). The number of anilines is 2. The summed E-state index contributed by atoms with van der Waals surface area (Å²) in [5.41, 5.74) is 8.12. The van der Waals surface area contributed by atoms with Gasteiger partial charge in [0.25, 0.3) is 0 Å². The predicted molar refractivity (Wildman–Crippen MR) is 109 cm³/mol. The molecule has 4 rings (SSSR count). The highest BCUT2D eigenvalue weighted by molar-refractivity contribution is 6.33. The van der Waals surface area contributed by atoms with Crippen molar-refractivity contribution in [3.63, 3.8) is 0 Å². The van der Waals surface area contributed by atoms with Gasteiger partial charge in [-0.15, -0.1) is 0 Å². The van der Waals surface area contributed by atoms with Crippen LogP contribution in [-0.4, -0.2) is 46.3 Å². The van der Waals surface area contributed by atoms with Gasteiger partial charge in [-0.1, -0.05) is 23.2 Å². The SMILES string of the molecule is CCn1cc(-c2nc3c(Cl)ncnc3n2C)cn1.CNc1ncnc(Cl)c1N. The lowest BCUT2D eigenvalue weighted by molar-refractivity contribution is 0.660. The van der Waals surface area contributed by atoms with Gasteiger partial charge >= 0.3 is 0 Å². The molecule has 0 saturated heterocycles. The van der Waals surface area contributed by atoms with Gasteiger partial charge in [-0.2, -0.15) is 5.10 Å². The maximum absolute atomic E-state index is 6.01. The van der Waals surface area contributed by atoms with E-state index in [0.717, 1.165) is 17.9 Å². The Bertz CT molecular complexity index is 1100. The number of rotatable bonds is 3. The maximum atomic E-state index is 6.01. The highest BCUT2D eigenvalue weighted by atomic mass is 35.5. The van der Waals surface area contributed by atoms with Gasteiger partial charge in [0.05, 0.1) is 11.8 Å². The van der Waals surface area contributed by atoms with Crippen LogP contribution < -0.4 is 11.1 Å². The van der Waals surface area contributed by atoms with Crippen molar-refractivity contribution in [1.29, 1.82) is 0 Å². The van der Waals surface area contributed by atoms with E-state index in [2.05, 4.69) is 35.3 Å². The molecule has 28 heavy (non-hydrogen) atoms. The van der Waals surface area contributed by atoms with Crippen molar-refractivity contribution in [2.24, 2.45) is 7.05 Å². The molecule has 0 radical (unpaired) electrons. The maximum Gasteiger partial charge on any atom is 0.165 e. The minimum absolute atomic E-state index is 0.277. The van der Waals surface area contributed by atoms with Crippen LogP contribution in [0, 0.1) is 0 Å². The predicted octanol–water partition coefficient (Wildman–Crippen LogP) is 2.65.